The molecule has 3 aromatic rings. The van der Waals surface area contributed by atoms with E-state index in [9.17, 15) is 19.6 Å². The van der Waals surface area contributed by atoms with Crippen molar-refractivity contribution in [2.75, 3.05) is 80.3 Å². The van der Waals surface area contributed by atoms with E-state index in [-0.39, 0.29) is 115 Å². The van der Waals surface area contributed by atoms with Crippen LogP contribution in [0.1, 0.15) is 91.3 Å². The monoisotopic (exact) mass is 1020 g/mol. The fraction of sp³-hybridized carbons (Fsp3) is 0.593. The molecule has 7 atom stereocenters. The number of nitriles is 1. The molecule has 3 aromatic carbocycles. The zero-order valence-electron chi connectivity index (χ0n) is 43.9. The van der Waals surface area contributed by atoms with Crippen molar-refractivity contribution in [1.29, 1.82) is 5.26 Å². The summed E-state index contributed by atoms with van der Waals surface area (Å²) in [5.41, 5.74) is 1.45. The van der Waals surface area contributed by atoms with Crippen molar-refractivity contribution in [3.63, 3.8) is 0 Å². The minimum atomic E-state index is -1.61. The first-order chi connectivity index (χ1) is 34.7. The van der Waals surface area contributed by atoms with Gasteiger partial charge in [-0.05, 0) is 75.1 Å². The highest BCUT2D eigenvalue weighted by Gasteiger charge is 2.46. The quantitative estimate of drug-likeness (QED) is 0.0261. The molecule has 1 fully saturated rings. The predicted molar refractivity (Wildman–Crippen MR) is 272 cm³/mol. The lowest BCUT2D eigenvalue weighted by Gasteiger charge is -2.44. The molecule has 1 amide bonds. The van der Waals surface area contributed by atoms with Crippen LogP contribution in [0, 0.1) is 23.2 Å². The van der Waals surface area contributed by atoms with Gasteiger partial charge >= 0.3 is 5.97 Å². The number of amides is 1. The lowest BCUT2D eigenvalue weighted by molar-refractivity contribution is -0.255. The number of methoxy groups -OCH3 is 2. The first-order valence-corrected chi connectivity index (χ1v) is 26.0. The Balaban J connectivity index is 1.40. The van der Waals surface area contributed by atoms with E-state index < -0.39 is 44.5 Å². The maximum absolute atomic E-state index is 13.8. The van der Waals surface area contributed by atoms with Crippen LogP contribution in [0.25, 0.3) is 0 Å². The smallest absolute Gasteiger partial charge is 0.302 e. The van der Waals surface area contributed by atoms with Crippen LogP contribution in [-0.2, 0) is 62.2 Å². The maximum atomic E-state index is 13.8. The Labute approximate surface area is 428 Å². The van der Waals surface area contributed by atoms with Crippen LogP contribution in [0.15, 0.2) is 78.9 Å². The van der Waals surface area contributed by atoms with Gasteiger partial charge in [0.25, 0.3) is 8.53 Å². The Hall–Kier alpha value is -4.57. The van der Waals surface area contributed by atoms with Gasteiger partial charge in [-0.15, -0.1) is 0 Å². The van der Waals surface area contributed by atoms with Crippen LogP contribution < -0.4 is 14.8 Å². The summed E-state index contributed by atoms with van der Waals surface area (Å²) in [7, 11) is 1.64. The maximum Gasteiger partial charge on any atom is 0.302 e. The summed E-state index contributed by atoms with van der Waals surface area (Å²) in [6.45, 7) is 16.6. The van der Waals surface area contributed by atoms with E-state index in [1.807, 2.05) is 92.7 Å². The molecule has 1 aliphatic rings. The van der Waals surface area contributed by atoms with Gasteiger partial charge in [0.2, 0.25) is 5.91 Å². The van der Waals surface area contributed by atoms with Crippen molar-refractivity contribution < 1.29 is 66.1 Å². The molecule has 1 saturated heterocycles. The minimum absolute atomic E-state index is 0.0791. The zero-order valence-corrected chi connectivity index (χ0v) is 44.8. The Kier molecular flexibility index (Phi) is 26.6. The molecule has 0 spiro atoms. The number of ether oxygens (including phenoxy) is 9. The third-order valence-electron chi connectivity index (χ3n) is 12.0. The molecule has 4 rings (SSSR count). The van der Waals surface area contributed by atoms with E-state index in [4.69, 9.17) is 51.7 Å². The van der Waals surface area contributed by atoms with Crippen LogP contribution in [0.2, 0.25) is 0 Å². The van der Waals surface area contributed by atoms with E-state index in [2.05, 4.69) is 43.8 Å². The van der Waals surface area contributed by atoms with Crippen LogP contribution in [0.3, 0.4) is 0 Å². The normalized spacial score (nSPS) is 18.9. The molecular weight excluding hydrogens is 946 g/mol. The fourth-order valence-electron chi connectivity index (χ4n) is 8.64. The van der Waals surface area contributed by atoms with Gasteiger partial charge in [0.1, 0.15) is 35.9 Å². The largest absolute Gasteiger partial charge is 0.497 e. The molecule has 0 aliphatic carbocycles. The van der Waals surface area contributed by atoms with Crippen molar-refractivity contribution in [3.8, 4) is 17.6 Å². The number of hydrogen-bond donors (Lipinski definition) is 1. The number of carbonyl (C=O) groups is 3. The van der Waals surface area contributed by atoms with Crippen LogP contribution in [0.5, 0.6) is 11.5 Å². The summed E-state index contributed by atoms with van der Waals surface area (Å²) in [5, 5.41) is 12.2. The molecule has 0 aromatic heterocycles. The number of benzene rings is 3. The molecule has 17 nitrogen and oxygen atoms in total. The number of rotatable bonds is 34. The lowest BCUT2D eigenvalue weighted by atomic mass is 9.79. The summed E-state index contributed by atoms with van der Waals surface area (Å²) in [5.74, 6) is -0.0945. The molecule has 1 N–H and O–H groups in total. The number of esters is 1. The highest BCUT2D eigenvalue weighted by Crippen LogP contribution is 2.47. The van der Waals surface area contributed by atoms with E-state index >= 15 is 0 Å². The Morgan fingerprint density at radius 2 is 1.32 bits per heavy atom. The molecule has 72 heavy (non-hydrogen) atoms. The van der Waals surface area contributed by atoms with Gasteiger partial charge in [-0.3, -0.25) is 14.4 Å². The van der Waals surface area contributed by atoms with Gasteiger partial charge in [0.05, 0.1) is 92.3 Å². The summed E-state index contributed by atoms with van der Waals surface area (Å²) < 4.78 is 68.4. The Morgan fingerprint density at radius 1 is 0.764 bits per heavy atom. The predicted octanol–water partition coefficient (Wildman–Crippen LogP) is 8.15. The van der Waals surface area contributed by atoms with Crippen molar-refractivity contribution >= 4 is 26.2 Å². The molecular formula is C54H78N3O14P. The zero-order chi connectivity index (χ0) is 52.5. The second kappa shape index (κ2) is 31.9. The number of nitrogens with zero attached hydrogens (tertiary/aromatic N) is 2. The van der Waals surface area contributed by atoms with Gasteiger partial charge < -0.3 is 57.0 Å². The third-order valence-corrected chi connectivity index (χ3v) is 14.0. The molecule has 18 heteroatoms. The highest BCUT2D eigenvalue weighted by atomic mass is 31.2. The number of hydrogen-bond acceptors (Lipinski definition) is 16. The second-order valence-electron chi connectivity index (χ2n) is 18.0. The number of carbonyl (C=O) groups excluding carboxylic acids is 3. The molecule has 0 bridgehead atoms. The summed E-state index contributed by atoms with van der Waals surface area (Å²) in [6.07, 6.45) is -0.705. The summed E-state index contributed by atoms with van der Waals surface area (Å²) >= 11 is 0. The topological polar surface area (TPSA) is 192 Å². The first-order valence-electron chi connectivity index (χ1n) is 24.8. The highest BCUT2D eigenvalue weighted by molar-refractivity contribution is 7.44. The minimum Gasteiger partial charge on any atom is -0.497 e. The van der Waals surface area contributed by atoms with Crippen molar-refractivity contribution in [2.24, 2.45) is 11.8 Å². The molecule has 0 saturated carbocycles. The molecule has 0 radical (unpaired) electrons. The molecule has 1 heterocycles. The van der Waals surface area contributed by atoms with Crippen LogP contribution in [-0.4, -0.2) is 139 Å². The first kappa shape index (κ1) is 60.0. The number of ketones is 1. The van der Waals surface area contributed by atoms with E-state index in [0.717, 1.165) is 16.7 Å². The van der Waals surface area contributed by atoms with Crippen LogP contribution in [0.4, 0.5) is 0 Å². The van der Waals surface area contributed by atoms with Gasteiger partial charge in [-0.25, -0.2) is 4.67 Å². The molecule has 1 aliphatic heterocycles. The van der Waals surface area contributed by atoms with Gasteiger partial charge in [-0.1, -0.05) is 68.4 Å². The molecule has 1 unspecified atom stereocenters. The fourth-order valence-corrected chi connectivity index (χ4v) is 10.3. The summed E-state index contributed by atoms with van der Waals surface area (Å²) in [4.78, 5) is 37.8. The summed E-state index contributed by atoms with van der Waals surface area (Å²) in [6, 6.07) is 27.1. The standard InChI is InChI=1S/C54H78N3O14P/c1-11-50-40(6)52(70-42(8)59)51(56-41(7)58)53(71-50)66-33-32-64-29-28-63-30-31-65-37-47(60)34-43(36-69-72(68-27-15-26-55)57(38(2)3)39(4)5)35-67-54(44-16-13-12-14-17-44,45-18-22-48(61-9)23-19-45)46-20-24-49(62-10)25-21-46/h12-14,16-25,38-40,43,50-53H,11,15,27-37H2,1-10H3,(H,56,58)/t40-,43+,50+,51+,52-,53+,72?/m0/s1. The SMILES string of the molecule is CC[C@H]1O[C@@H](OCCOCCOCCOCC(=O)C[C@@H](COP(OCCC#N)N(C(C)C)C(C)C)COC(c2ccccc2)(c2ccc(OC)cc2)c2ccc(OC)cc2)[C@H](NC(C)=O)[C@@H](OC(C)=O)[C@H]1C. The lowest BCUT2D eigenvalue weighted by Crippen LogP contribution is -2.62. The van der Waals surface area contributed by atoms with Crippen LogP contribution >= 0.6 is 8.53 Å². The Morgan fingerprint density at radius 3 is 1.83 bits per heavy atom. The molecule has 398 valence electrons. The van der Waals surface area contributed by atoms with Gasteiger partial charge in [0, 0.05) is 44.2 Å². The number of Topliss-reactive ketones (excluding diaryl/α,β-unsaturated/α-hetero) is 1. The Bertz CT molecular complexity index is 2020. The van der Waals surface area contributed by atoms with E-state index in [1.165, 1.54) is 13.8 Å². The van der Waals surface area contributed by atoms with Gasteiger partial charge in [-0.2, -0.15) is 5.26 Å². The second-order valence-corrected chi connectivity index (χ2v) is 19.5. The average molecular weight is 1020 g/mol. The van der Waals surface area contributed by atoms with Crippen molar-refractivity contribution in [2.45, 2.75) is 117 Å². The number of nitrogens with one attached hydrogen (secondary N) is 1. The average Bonchev–Trinajstić information content (AvgIpc) is 3.36. The van der Waals surface area contributed by atoms with Crippen molar-refractivity contribution in [3.05, 3.63) is 95.6 Å². The van der Waals surface area contributed by atoms with E-state index in [1.54, 1.807) is 14.2 Å². The third kappa shape index (κ3) is 18.4. The van der Waals surface area contributed by atoms with Crippen molar-refractivity contribution in [1.82, 2.24) is 9.99 Å². The van der Waals surface area contributed by atoms with Gasteiger partial charge in [0.15, 0.2) is 12.1 Å². The van der Waals surface area contributed by atoms with E-state index in [0.29, 0.717) is 17.9 Å².